The van der Waals surface area contributed by atoms with Gasteiger partial charge in [0.1, 0.15) is 23.0 Å². The standard InChI is InChI=1S/C50H62N4O4/c1-31-23-37(49(3,4)5)25-35(45(31)55)29-53-43-21-11-9-19-41(43)51-27-33-15-13-17-39(47(33)57)40-18-14-16-34(48(40)58)28-52-42-20-10-12-22-44(42)54-30-36-26-38(50(6,7)8)24-32(2)46(36)56/h13-18,23-30,41-44,55-58H,9-12,19-22H2,1-8H3/t41-,42-,43-,44-/m1/s1. The lowest BCUT2D eigenvalue weighted by atomic mass is 9.85. The van der Waals surface area contributed by atoms with Gasteiger partial charge in [-0.3, -0.25) is 20.0 Å². The Morgan fingerprint density at radius 3 is 1.07 bits per heavy atom. The fraction of sp³-hybridized carbons (Fsp3) is 0.440. The van der Waals surface area contributed by atoms with E-state index in [9.17, 15) is 20.4 Å². The third-order valence-electron chi connectivity index (χ3n) is 11.8. The van der Waals surface area contributed by atoms with E-state index >= 15 is 0 Å². The number of aromatic hydroxyl groups is 4. The molecule has 306 valence electrons. The molecule has 4 aromatic rings. The molecule has 0 heterocycles. The first-order valence-electron chi connectivity index (χ1n) is 21.0. The highest BCUT2D eigenvalue weighted by Gasteiger charge is 2.26. The zero-order chi connectivity index (χ0) is 41.8. The molecule has 0 aromatic heterocycles. The highest BCUT2D eigenvalue weighted by Crippen LogP contribution is 2.39. The number of benzene rings is 4. The van der Waals surface area contributed by atoms with Crippen LogP contribution in [0.5, 0.6) is 23.0 Å². The summed E-state index contributed by atoms with van der Waals surface area (Å²) in [6, 6.07) is 18.9. The summed E-state index contributed by atoms with van der Waals surface area (Å²) in [6.07, 6.45) is 14.8. The van der Waals surface area contributed by atoms with Crippen molar-refractivity contribution in [2.75, 3.05) is 0 Å². The van der Waals surface area contributed by atoms with Crippen molar-refractivity contribution in [3.05, 3.63) is 105 Å². The number of aliphatic imine (C=N–C) groups is 4. The lowest BCUT2D eigenvalue weighted by Gasteiger charge is -2.26. The molecule has 0 saturated heterocycles. The predicted molar refractivity (Wildman–Crippen MR) is 241 cm³/mol. The molecule has 6 rings (SSSR count). The molecule has 4 atom stereocenters. The van der Waals surface area contributed by atoms with Crippen LogP contribution in [0.4, 0.5) is 0 Å². The molecule has 0 spiro atoms. The maximum absolute atomic E-state index is 11.5. The zero-order valence-electron chi connectivity index (χ0n) is 35.6. The molecule has 8 nitrogen and oxygen atoms in total. The molecule has 0 amide bonds. The summed E-state index contributed by atoms with van der Waals surface area (Å²) in [5.41, 5.74) is 7.44. The van der Waals surface area contributed by atoms with Crippen molar-refractivity contribution < 1.29 is 20.4 Å². The Hall–Kier alpha value is -5.24. The summed E-state index contributed by atoms with van der Waals surface area (Å²) < 4.78 is 0. The largest absolute Gasteiger partial charge is 0.507 e. The number of phenolic OH excluding ortho intramolecular Hbond substituents is 4. The fourth-order valence-corrected chi connectivity index (χ4v) is 8.03. The van der Waals surface area contributed by atoms with E-state index in [1.807, 2.05) is 62.4 Å². The number of phenols is 4. The van der Waals surface area contributed by atoms with Crippen molar-refractivity contribution in [1.82, 2.24) is 0 Å². The van der Waals surface area contributed by atoms with Crippen molar-refractivity contribution in [1.29, 1.82) is 0 Å². The van der Waals surface area contributed by atoms with Crippen LogP contribution in [0.15, 0.2) is 80.6 Å². The topological polar surface area (TPSA) is 130 Å². The first-order valence-corrected chi connectivity index (χ1v) is 21.0. The minimum atomic E-state index is -0.0635. The lowest BCUT2D eigenvalue weighted by molar-refractivity contribution is 0.390. The van der Waals surface area contributed by atoms with Crippen LogP contribution in [0, 0.1) is 13.8 Å². The minimum absolute atomic E-state index is 0.0428. The van der Waals surface area contributed by atoms with Crippen LogP contribution < -0.4 is 0 Å². The minimum Gasteiger partial charge on any atom is -0.507 e. The van der Waals surface area contributed by atoms with E-state index in [1.54, 1.807) is 37.0 Å². The van der Waals surface area contributed by atoms with Gasteiger partial charge < -0.3 is 20.4 Å². The van der Waals surface area contributed by atoms with E-state index in [2.05, 4.69) is 41.5 Å². The fourth-order valence-electron chi connectivity index (χ4n) is 8.03. The summed E-state index contributed by atoms with van der Waals surface area (Å²) >= 11 is 0. The Morgan fingerprint density at radius 1 is 0.448 bits per heavy atom. The van der Waals surface area contributed by atoms with Gasteiger partial charge in [-0.2, -0.15) is 0 Å². The van der Waals surface area contributed by atoms with E-state index in [-0.39, 0.29) is 58.0 Å². The SMILES string of the molecule is Cc1cc(C(C)(C)C)cc(C=N[C@@H]2CCCC[C@H]2N=Cc2cccc(-c3cccc(C=N[C@@H]4CCCC[C@H]4N=Cc4cc(C(C)(C)C)cc(C)c4O)c3O)c2O)c1O. The number of rotatable bonds is 9. The van der Waals surface area contributed by atoms with Crippen LogP contribution >= 0.6 is 0 Å². The van der Waals surface area contributed by atoms with E-state index in [1.165, 1.54) is 0 Å². The number of hydrogen-bond acceptors (Lipinski definition) is 8. The smallest absolute Gasteiger partial charge is 0.132 e. The van der Waals surface area contributed by atoms with Gasteiger partial charge in [-0.15, -0.1) is 0 Å². The molecule has 2 aliphatic carbocycles. The third kappa shape index (κ3) is 9.88. The molecular weight excluding hydrogens is 721 g/mol. The molecule has 2 fully saturated rings. The first kappa shape index (κ1) is 42.4. The van der Waals surface area contributed by atoms with E-state index in [4.69, 9.17) is 20.0 Å². The third-order valence-corrected chi connectivity index (χ3v) is 11.8. The highest BCUT2D eigenvalue weighted by molar-refractivity contribution is 5.93. The average Bonchev–Trinajstić information content (AvgIpc) is 3.18. The molecule has 2 saturated carbocycles. The van der Waals surface area contributed by atoms with Gasteiger partial charge in [0.25, 0.3) is 0 Å². The highest BCUT2D eigenvalue weighted by atomic mass is 16.3. The van der Waals surface area contributed by atoms with Crippen molar-refractivity contribution >= 4 is 24.9 Å². The quantitative estimate of drug-likeness (QED) is 0.126. The molecule has 58 heavy (non-hydrogen) atoms. The van der Waals surface area contributed by atoms with Crippen molar-refractivity contribution in [2.45, 2.75) is 142 Å². The Kier molecular flexibility index (Phi) is 12.9. The van der Waals surface area contributed by atoms with Gasteiger partial charge >= 0.3 is 0 Å². The molecule has 4 aromatic carbocycles. The van der Waals surface area contributed by atoms with Gasteiger partial charge in [-0.1, -0.05) is 104 Å². The van der Waals surface area contributed by atoms with Gasteiger partial charge in [0.05, 0.1) is 24.2 Å². The monoisotopic (exact) mass is 782 g/mol. The molecule has 2 aliphatic rings. The van der Waals surface area contributed by atoms with Gasteiger partial charge in [0, 0.05) is 58.2 Å². The van der Waals surface area contributed by atoms with Crippen molar-refractivity contribution in [3.63, 3.8) is 0 Å². The molecule has 4 N–H and O–H groups in total. The molecule has 8 heteroatoms. The van der Waals surface area contributed by atoms with Gasteiger partial charge in [-0.25, -0.2) is 0 Å². The molecule has 0 bridgehead atoms. The average molecular weight is 783 g/mol. The zero-order valence-corrected chi connectivity index (χ0v) is 35.6. The summed E-state index contributed by atoms with van der Waals surface area (Å²) in [6.45, 7) is 16.8. The Morgan fingerprint density at radius 2 is 0.759 bits per heavy atom. The molecule has 0 aliphatic heterocycles. The van der Waals surface area contributed by atoms with Gasteiger partial charge in [0.15, 0.2) is 0 Å². The maximum Gasteiger partial charge on any atom is 0.132 e. The lowest BCUT2D eigenvalue weighted by Crippen LogP contribution is -2.27. The second-order valence-corrected chi connectivity index (χ2v) is 18.4. The number of para-hydroxylation sites is 2. The van der Waals surface area contributed by atoms with E-state index < -0.39 is 0 Å². The summed E-state index contributed by atoms with van der Waals surface area (Å²) in [7, 11) is 0. The second-order valence-electron chi connectivity index (χ2n) is 18.4. The number of nitrogens with zero attached hydrogens (tertiary/aromatic N) is 4. The normalized spacial score (nSPS) is 20.9. The van der Waals surface area contributed by atoms with Crippen LogP contribution in [-0.4, -0.2) is 69.5 Å². The van der Waals surface area contributed by atoms with E-state index in [0.29, 0.717) is 22.3 Å². The number of aryl methyl sites for hydroxylation is 2. The molecular formula is C50H62N4O4. The van der Waals surface area contributed by atoms with Crippen molar-refractivity contribution in [3.8, 4) is 34.1 Å². The Bertz CT molecular complexity index is 2070. The van der Waals surface area contributed by atoms with Gasteiger partial charge in [-0.05, 0) is 96.9 Å². The molecule has 0 radical (unpaired) electrons. The van der Waals surface area contributed by atoms with Crippen LogP contribution in [0.25, 0.3) is 11.1 Å². The maximum atomic E-state index is 11.5. The van der Waals surface area contributed by atoms with Crippen LogP contribution in [0.2, 0.25) is 0 Å². The number of hydrogen-bond donors (Lipinski definition) is 4. The summed E-state index contributed by atoms with van der Waals surface area (Å²) in [5.74, 6) is 0.597. The predicted octanol–water partition coefficient (Wildman–Crippen LogP) is 11.1. The van der Waals surface area contributed by atoms with Crippen molar-refractivity contribution in [2.24, 2.45) is 20.0 Å². The summed E-state index contributed by atoms with van der Waals surface area (Å²) in [4.78, 5) is 19.8. The second kappa shape index (κ2) is 17.7. The van der Waals surface area contributed by atoms with Crippen LogP contribution in [0.1, 0.15) is 137 Å². The first-order chi connectivity index (χ1) is 27.5. The molecule has 0 unspecified atom stereocenters. The van der Waals surface area contributed by atoms with E-state index in [0.717, 1.165) is 84.7 Å². The Labute approximate surface area is 345 Å². The summed E-state index contributed by atoms with van der Waals surface area (Å²) in [5, 5.41) is 44.8. The van der Waals surface area contributed by atoms with Gasteiger partial charge in [0.2, 0.25) is 0 Å². The van der Waals surface area contributed by atoms with Crippen LogP contribution in [-0.2, 0) is 10.8 Å². The Balaban J connectivity index is 1.20. The van der Waals surface area contributed by atoms with Crippen LogP contribution in [0.3, 0.4) is 0 Å².